The van der Waals surface area contributed by atoms with E-state index < -0.39 is 0 Å². The van der Waals surface area contributed by atoms with Crippen molar-refractivity contribution in [2.45, 2.75) is 37.1 Å². The molecule has 2 rings (SSSR count). The first kappa shape index (κ1) is 13.4. The first-order valence-corrected chi connectivity index (χ1v) is 7.17. The van der Waals surface area contributed by atoms with Gasteiger partial charge in [-0.2, -0.15) is 0 Å². The Morgan fingerprint density at radius 1 is 1.22 bits per heavy atom. The molecule has 0 bridgehead atoms. The van der Waals surface area contributed by atoms with Gasteiger partial charge in [-0.05, 0) is 18.6 Å². The maximum atomic E-state index is 6.18. The van der Waals surface area contributed by atoms with Crippen LogP contribution in [0.25, 0.3) is 0 Å². The summed E-state index contributed by atoms with van der Waals surface area (Å²) < 4.78 is 0. The smallest absolute Gasteiger partial charge is 0.209 e. The highest BCUT2D eigenvalue weighted by Crippen LogP contribution is 2.36. The van der Waals surface area contributed by atoms with Gasteiger partial charge >= 0.3 is 0 Å². The van der Waals surface area contributed by atoms with Crippen LogP contribution < -0.4 is 0 Å². The van der Waals surface area contributed by atoms with Crippen LogP contribution >= 0.6 is 23.4 Å². The van der Waals surface area contributed by atoms with Crippen LogP contribution in [0.5, 0.6) is 0 Å². The molecule has 0 fully saturated rings. The molecule has 18 heavy (non-hydrogen) atoms. The standard InChI is InChI=1S/C13H16ClN3S/c1-8(2)12-15-13(17-16-12)18-9(3)10-6-4-5-7-11(10)14/h4-9H,1-3H3,(H,15,16,17). The molecule has 1 heterocycles. The minimum absolute atomic E-state index is 0.231. The summed E-state index contributed by atoms with van der Waals surface area (Å²) in [5.74, 6) is 1.28. The summed E-state index contributed by atoms with van der Waals surface area (Å²) in [6.07, 6.45) is 0. The summed E-state index contributed by atoms with van der Waals surface area (Å²) in [5.41, 5.74) is 1.11. The summed E-state index contributed by atoms with van der Waals surface area (Å²) in [6, 6.07) is 7.88. The highest BCUT2D eigenvalue weighted by atomic mass is 35.5. The zero-order chi connectivity index (χ0) is 13.1. The first-order chi connectivity index (χ1) is 8.58. The highest BCUT2D eigenvalue weighted by Gasteiger charge is 2.14. The van der Waals surface area contributed by atoms with Crippen molar-refractivity contribution in [2.24, 2.45) is 0 Å². The molecule has 1 atom stereocenters. The summed E-state index contributed by atoms with van der Waals surface area (Å²) in [5, 5.41) is 8.97. The van der Waals surface area contributed by atoms with Gasteiger partial charge in [0, 0.05) is 16.2 Å². The summed E-state index contributed by atoms with van der Waals surface area (Å²) in [6.45, 7) is 6.29. The number of hydrogen-bond acceptors (Lipinski definition) is 3. The Morgan fingerprint density at radius 2 is 1.94 bits per heavy atom. The lowest BCUT2D eigenvalue weighted by Gasteiger charge is -2.10. The van der Waals surface area contributed by atoms with E-state index >= 15 is 0 Å². The van der Waals surface area contributed by atoms with Gasteiger partial charge in [-0.15, -0.1) is 5.10 Å². The number of H-pyrrole nitrogens is 1. The number of rotatable bonds is 4. The van der Waals surface area contributed by atoms with Crippen molar-refractivity contribution in [1.82, 2.24) is 15.2 Å². The summed E-state index contributed by atoms with van der Waals surface area (Å²) in [7, 11) is 0. The molecule has 5 heteroatoms. The van der Waals surface area contributed by atoms with Crippen LogP contribution in [0.15, 0.2) is 29.4 Å². The predicted molar refractivity (Wildman–Crippen MR) is 76.2 cm³/mol. The number of benzene rings is 1. The molecule has 0 aliphatic carbocycles. The summed E-state index contributed by atoms with van der Waals surface area (Å²) in [4.78, 5) is 4.46. The third-order valence-corrected chi connectivity index (χ3v) is 4.00. The van der Waals surface area contributed by atoms with E-state index in [1.807, 2.05) is 24.3 Å². The lowest BCUT2D eigenvalue weighted by Crippen LogP contribution is -1.91. The molecule has 0 amide bonds. The second-order valence-electron chi connectivity index (χ2n) is 4.44. The fourth-order valence-electron chi connectivity index (χ4n) is 1.60. The number of nitrogens with zero attached hydrogens (tertiary/aromatic N) is 2. The average molecular weight is 282 g/mol. The van der Waals surface area contributed by atoms with E-state index in [1.165, 1.54) is 0 Å². The van der Waals surface area contributed by atoms with Crippen LogP contribution in [0.2, 0.25) is 5.02 Å². The van der Waals surface area contributed by atoms with Crippen molar-refractivity contribution in [3.8, 4) is 0 Å². The van der Waals surface area contributed by atoms with Crippen molar-refractivity contribution < 1.29 is 0 Å². The normalized spacial score (nSPS) is 12.9. The molecular formula is C13H16ClN3S. The molecule has 0 radical (unpaired) electrons. The zero-order valence-electron chi connectivity index (χ0n) is 10.6. The topological polar surface area (TPSA) is 41.6 Å². The van der Waals surface area contributed by atoms with Gasteiger partial charge in [0.1, 0.15) is 5.82 Å². The van der Waals surface area contributed by atoms with Crippen molar-refractivity contribution in [2.75, 3.05) is 0 Å². The number of aromatic nitrogens is 3. The van der Waals surface area contributed by atoms with E-state index in [-0.39, 0.29) is 5.25 Å². The summed E-state index contributed by atoms with van der Waals surface area (Å²) >= 11 is 7.79. The van der Waals surface area contributed by atoms with Crippen molar-refractivity contribution in [1.29, 1.82) is 0 Å². The number of hydrogen-bond donors (Lipinski definition) is 1. The lowest BCUT2D eigenvalue weighted by atomic mass is 10.2. The van der Waals surface area contributed by atoms with E-state index in [9.17, 15) is 0 Å². The second-order valence-corrected chi connectivity index (χ2v) is 6.15. The Hall–Kier alpha value is -1.00. The molecule has 1 N–H and O–H groups in total. The van der Waals surface area contributed by atoms with Crippen LogP contribution in [0.4, 0.5) is 0 Å². The molecule has 1 aromatic carbocycles. The lowest BCUT2D eigenvalue weighted by molar-refractivity contribution is 0.780. The highest BCUT2D eigenvalue weighted by molar-refractivity contribution is 7.99. The Bertz CT molecular complexity index is 524. The van der Waals surface area contributed by atoms with Gasteiger partial charge < -0.3 is 0 Å². The zero-order valence-corrected chi connectivity index (χ0v) is 12.2. The molecule has 96 valence electrons. The van der Waals surface area contributed by atoms with E-state index in [2.05, 4.69) is 36.0 Å². The van der Waals surface area contributed by atoms with Crippen molar-refractivity contribution in [3.05, 3.63) is 40.7 Å². The number of nitrogens with one attached hydrogen (secondary N) is 1. The molecule has 0 aliphatic rings. The number of aromatic amines is 1. The maximum Gasteiger partial charge on any atom is 0.209 e. The molecule has 1 unspecified atom stereocenters. The van der Waals surface area contributed by atoms with Gasteiger partial charge in [-0.3, -0.25) is 5.10 Å². The van der Waals surface area contributed by atoms with Gasteiger partial charge in [0.2, 0.25) is 5.16 Å². The molecular weight excluding hydrogens is 266 g/mol. The van der Waals surface area contributed by atoms with Crippen LogP contribution in [-0.2, 0) is 0 Å². The fraction of sp³-hybridized carbons (Fsp3) is 0.385. The van der Waals surface area contributed by atoms with Gasteiger partial charge in [0.25, 0.3) is 0 Å². The van der Waals surface area contributed by atoms with E-state index in [0.29, 0.717) is 5.92 Å². The Kier molecular flexibility index (Phi) is 4.30. The molecule has 0 spiro atoms. The van der Waals surface area contributed by atoms with E-state index in [0.717, 1.165) is 21.6 Å². The van der Waals surface area contributed by atoms with Crippen molar-refractivity contribution >= 4 is 23.4 Å². The maximum absolute atomic E-state index is 6.18. The molecule has 0 saturated heterocycles. The van der Waals surface area contributed by atoms with Crippen LogP contribution in [-0.4, -0.2) is 15.2 Å². The van der Waals surface area contributed by atoms with E-state index in [1.54, 1.807) is 11.8 Å². The fourth-order valence-corrected chi connectivity index (χ4v) is 2.86. The average Bonchev–Trinajstić information content (AvgIpc) is 2.78. The number of thioether (sulfide) groups is 1. The van der Waals surface area contributed by atoms with Crippen LogP contribution in [0.3, 0.4) is 0 Å². The van der Waals surface area contributed by atoms with Crippen LogP contribution in [0.1, 0.15) is 43.3 Å². The minimum Gasteiger partial charge on any atom is -0.262 e. The SMILES string of the molecule is CC(C)c1nc(SC(C)c2ccccc2Cl)n[nH]1. The van der Waals surface area contributed by atoms with Gasteiger partial charge in [0.05, 0.1) is 0 Å². The minimum atomic E-state index is 0.231. The quantitative estimate of drug-likeness (QED) is 0.843. The molecule has 2 aromatic rings. The second kappa shape index (κ2) is 5.76. The number of halogens is 1. The molecule has 1 aromatic heterocycles. The Morgan fingerprint density at radius 3 is 2.56 bits per heavy atom. The van der Waals surface area contributed by atoms with Gasteiger partial charge in [-0.1, -0.05) is 55.4 Å². The van der Waals surface area contributed by atoms with Crippen LogP contribution in [0, 0.1) is 0 Å². The first-order valence-electron chi connectivity index (χ1n) is 5.91. The molecule has 0 aliphatic heterocycles. The largest absolute Gasteiger partial charge is 0.262 e. The Balaban J connectivity index is 2.11. The monoisotopic (exact) mass is 281 g/mol. The Labute approximate surface area is 116 Å². The molecule has 3 nitrogen and oxygen atoms in total. The third kappa shape index (κ3) is 3.06. The van der Waals surface area contributed by atoms with Gasteiger partial charge in [-0.25, -0.2) is 4.98 Å². The predicted octanol–water partition coefficient (Wildman–Crippen LogP) is 4.43. The molecule has 0 saturated carbocycles. The van der Waals surface area contributed by atoms with E-state index in [4.69, 9.17) is 11.6 Å². The van der Waals surface area contributed by atoms with Crippen molar-refractivity contribution in [3.63, 3.8) is 0 Å². The van der Waals surface area contributed by atoms with Gasteiger partial charge in [0.15, 0.2) is 0 Å². The third-order valence-electron chi connectivity index (χ3n) is 2.65.